The van der Waals surface area contributed by atoms with E-state index < -0.39 is 0 Å². The number of nitrogens with zero attached hydrogens (tertiary/aromatic N) is 5. The summed E-state index contributed by atoms with van der Waals surface area (Å²) in [5.41, 5.74) is 0.227. The van der Waals surface area contributed by atoms with Gasteiger partial charge in [0.2, 0.25) is 5.91 Å². The average molecular weight is 406 g/mol. The highest BCUT2D eigenvalue weighted by Gasteiger charge is 2.24. The zero-order valence-corrected chi connectivity index (χ0v) is 15.2. The van der Waals surface area contributed by atoms with Crippen molar-refractivity contribution in [3.63, 3.8) is 0 Å². The van der Waals surface area contributed by atoms with Crippen molar-refractivity contribution in [2.24, 2.45) is 7.05 Å². The Morgan fingerprint density at radius 3 is 2.96 bits per heavy atom. The van der Waals surface area contributed by atoms with Gasteiger partial charge >= 0.3 is 0 Å². The second kappa shape index (κ2) is 6.98. The number of aromatic nitrogens is 4. The first-order chi connectivity index (χ1) is 10.5. The summed E-state index contributed by atoms with van der Waals surface area (Å²) in [7, 11) is 3.49. The van der Waals surface area contributed by atoms with Gasteiger partial charge in [-0.25, -0.2) is 9.67 Å². The zero-order valence-electron chi connectivity index (χ0n) is 12.8. The first-order valence-corrected chi connectivity index (χ1v) is 7.82. The van der Waals surface area contributed by atoms with E-state index in [1.54, 1.807) is 19.0 Å². The summed E-state index contributed by atoms with van der Waals surface area (Å²) in [6.07, 6.45) is 2.33. The maximum atomic E-state index is 12.5. The number of halogens is 2. The summed E-state index contributed by atoms with van der Waals surface area (Å²) in [5, 5.41) is 7.74. The average Bonchev–Trinajstić information content (AvgIpc) is 3.10. The highest BCUT2D eigenvalue weighted by atomic mass is 79.9. The number of nitrogens with one attached hydrogen (secondary N) is 1. The molecule has 3 heterocycles. The van der Waals surface area contributed by atoms with Gasteiger partial charge in [0.05, 0.1) is 0 Å². The van der Waals surface area contributed by atoms with Gasteiger partial charge < -0.3 is 10.2 Å². The topological polar surface area (TPSA) is 85.1 Å². The standard InChI is InChI=1S/C13H17BrN6O2.ClH/c1-18(8-3-4-15-5-8)9(21)6-20-7-16-12-10(13(20)22)11(14)17-19(12)2;/h7-8,15H,3-6H2,1-2H3;1H. The highest BCUT2D eigenvalue weighted by molar-refractivity contribution is 9.10. The lowest BCUT2D eigenvalue weighted by Crippen LogP contribution is -2.41. The van der Waals surface area contributed by atoms with E-state index in [-0.39, 0.29) is 36.5 Å². The van der Waals surface area contributed by atoms with Crippen LogP contribution in [0.15, 0.2) is 15.7 Å². The third kappa shape index (κ3) is 3.26. The van der Waals surface area contributed by atoms with Crippen LogP contribution in [0.3, 0.4) is 0 Å². The Morgan fingerprint density at radius 2 is 2.30 bits per heavy atom. The molecule has 0 aliphatic carbocycles. The van der Waals surface area contributed by atoms with Crippen molar-refractivity contribution in [1.29, 1.82) is 0 Å². The molecule has 0 saturated carbocycles. The fourth-order valence-corrected chi connectivity index (χ4v) is 3.26. The van der Waals surface area contributed by atoms with E-state index in [0.29, 0.717) is 15.6 Å². The number of carbonyl (C=O) groups excluding carboxylic acids is 1. The zero-order chi connectivity index (χ0) is 15.9. The molecule has 0 radical (unpaired) electrons. The van der Waals surface area contributed by atoms with Gasteiger partial charge in [-0.05, 0) is 28.9 Å². The van der Waals surface area contributed by atoms with Gasteiger partial charge in [-0.3, -0.25) is 14.2 Å². The number of rotatable bonds is 3. The Balaban J connectivity index is 0.00000192. The molecule has 1 unspecified atom stereocenters. The monoisotopic (exact) mass is 404 g/mol. The second-order valence-electron chi connectivity index (χ2n) is 5.44. The number of fused-ring (bicyclic) bond motifs is 1. The molecule has 0 bridgehead atoms. The summed E-state index contributed by atoms with van der Waals surface area (Å²) in [5.74, 6) is -0.100. The van der Waals surface area contributed by atoms with Crippen LogP contribution in [0.5, 0.6) is 0 Å². The van der Waals surface area contributed by atoms with Crippen LogP contribution in [0.2, 0.25) is 0 Å². The van der Waals surface area contributed by atoms with Crippen LogP contribution in [-0.4, -0.2) is 56.3 Å². The lowest BCUT2D eigenvalue weighted by Gasteiger charge is -2.24. The first-order valence-electron chi connectivity index (χ1n) is 7.03. The predicted octanol–water partition coefficient (Wildman–Crippen LogP) is 0.135. The summed E-state index contributed by atoms with van der Waals surface area (Å²) >= 11 is 3.26. The molecule has 1 aliphatic rings. The van der Waals surface area contributed by atoms with Crippen molar-refractivity contribution in [3.8, 4) is 0 Å². The van der Waals surface area contributed by atoms with Gasteiger partial charge in [0.15, 0.2) is 5.65 Å². The Morgan fingerprint density at radius 1 is 1.57 bits per heavy atom. The van der Waals surface area contributed by atoms with Gasteiger partial charge in [-0.15, -0.1) is 12.4 Å². The molecule has 8 nitrogen and oxygen atoms in total. The molecule has 23 heavy (non-hydrogen) atoms. The Hall–Kier alpha value is -1.45. The van der Waals surface area contributed by atoms with E-state index >= 15 is 0 Å². The number of carbonyl (C=O) groups is 1. The van der Waals surface area contributed by atoms with Crippen molar-refractivity contribution < 1.29 is 4.79 Å². The molecule has 1 aliphatic heterocycles. The lowest BCUT2D eigenvalue weighted by molar-refractivity contribution is -0.132. The molecule has 1 saturated heterocycles. The minimum atomic E-state index is -0.267. The predicted molar refractivity (Wildman–Crippen MR) is 91.8 cm³/mol. The van der Waals surface area contributed by atoms with Gasteiger partial charge in [0.25, 0.3) is 5.56 Å². The van der Waals surface area contributed by atoms with Crippen LogP contribution >= 0.6 is 28.3 Å². The molecule has 2 aromatic rings. The van der Waals surface area contributed by atoms with E-state index in [4.69, 9.17) is 0 Å². The Kier molecular flexibility index (Phi) is 5.43. The summed E-state index contributed by atoms with van der Waals surface area (Å²) in [4.78, 5) is 30.8. The van der Waals surface area contributed by atoms with Gasteiger partial charge in [-0.2, -0.15) is 5.10 Å². The minimum absolute atomic E-state index is 0. The number of hydrogen-bond acceptors (Lipinski definition) is 5. The van der Waals surface area contributed by atoms with E-state index in [2.05, 4.69) is 31.3 Å². The van der Waals surface area contributed by atoms with Gasteiger partial charge in [0.1, 0.15) is 22.9 Å². The molecule has 126 valence electrons. The van der Waals surface area contributed by atoms with E-state index in [1.165, 1.54) is 15.6 Å². The van der Waals surface area contributed by atoms with Crippen molar-refractivity contribution in [2.45, 2.75) is 19.0 Å². The molecule has 1 fully saturated rings. The molecule has 10 heteroatoms. The van der Waals surface area contributed by atoms with Gasteiger partial charge in [0, 0.05) is 26.7 Å². The Labute approximate surface area is 147 Å². The van der Waals surface area contributed by atoms with Gasteiger partial charge in [-0.1, -0.05) is 0 Å². The van der Waals surface area contributed by atoms with Crippen LogP contribution in [0, 0.1) is 0 Å². The van der Waals surface area contributed by atoms with E-state index in [9.17, 15) is 9.59 Å². The fraction of sp³-hybridized carbons (Fsp3) is 0.538. The maximum absolute atomic E-state index is 12.5. The SMILES string of the molecule is CN(C(=O)Cn1cnc2c(c(Br)nn2C)c1=O)C1CCNC1.Cl. The van der Waals surface area contributed by atoms with Crippen LogP contribution < -0.4 is 10.9 Å². The molecule has 3 rings (SSSR count). The van der Waals surface area contributed by atoms with Crippen molar-refractivity contribution >= 4 is 45.3 Å². The Bertz CT molecular complexity index is 783. The molecule has 1 atom stereocenters. The maximum Gasteiger partial charge on any atom is 0.266 e. The molecule has 0 aromatic carbocycles. The number of likely N-dealkylation sites (N-methyl/N-ethyl adjacent to an activating group) is 1. The molecular weight excluding hydrogens is 388 g/mol. The largest absolute Gasteiger partial charge is 0.340 e. The quantitative estimate of drug-likeness (QED) is 0.785. The minimum Gasteiger partial charge on any atom is -0.340 e. The molecule has 2 aromatic heterocycles. The van der Waals surface area contributed by atoms with Crippen LogP contribution in [0.4, 0.5) is 0 Å². The van der Waals surface area contributed by atoms with Crippen molar-refractivity contribution in [2.75, 3.05) is 20.1 Å². The van der Waals surface area contributed by atoms with Crippen LogP contribution in [-0.2, 0) is 18.4 Å². The molecule has 1 amide bonds. The number of hydrogen-bond donors (Lipinski definition) is 1. The third-order valence-corrected chi connectivity index (χ3v) is 4.60. The van der Waals surface area contributed by atoms with Crippen LogP contribution in [0.1, 0.15) is 6.42 Å². The summed E-state index contributed by atoms with van der Waals surface area (Å²) in [6, 6.07) is 0.185. The molecular formula is C13H18BrClN6O2. The number of aryl methyl sites for hydroxylation is 1. The second-order valence-corrected chi connectivity index (χ2v) is 6.19. The normalized spacial score (nSPS) is 17.3. The van der Waals surface area contributed by atoms with Crippen molar-refractivity contribution in [3.05, 3.63) is 21.3 Å². The summed E-state index contributed by atoms with van der Waals surface area (Å²) in [6.45, 7) is 1.69. The first kappa shape index (κ1) is 17.9. The smallest absolute Gasteiger partial charge is 0.266 e. The van der Waals surface area contributed by atoms with Crippen LogP contribution in [0.25, 0.3) is 11.0 Å². The third-order valence-electron chi connectivity index (χ3n) is 4.05. The summed E-state index contributed by atoms with van der Waals surface area (Å²) < 4.78 is 3.30. The molecule has 0 spiro atoms. The van der Waals surface area contributed by atoms with E-state index in [0.717, 1.165) is 19.5 Å². The fourth-order valence-electron chi connectivity index (χ4n) is 2.68. The molecule has 1 N–H and O–H groups in total. The van der Waals surface area contributed by atoms with E-state index in [1.807, 2.05) is 0 Å². The lowest BCUT2D eigenvalue weighted by atomic mass is 10.2. The highest BCUT2D eigenvalue weighted by Crippen LogP contribution is 2.16. The van der Waals surface area contributed by atoms with Crippen molar-refractivity contribution in [1.82, 2.24) is 29.5 Å². The number of amides is 1.